The van der Waals surface area contributed by atoms with E-state index in [1.807, 2.05) is 0 Å². The van der Waals surface area contributed by atoms with E-state index in [2.05, 4.69) is 12.3 Å². The van der Waals surface area contributed by atoms with Crippen LogP contribution in [0.3, 0.4) is 0 Å². The summed E-state index contributed by atoms with van der Waals surface area (Å²) in [5.41, 5.74) is 3.81. The van der Waals surface area contributed by atoms with Gasteiger partial charge in [0.25, 0.3) is 0 Å². The first kappa shape index (κ1) is 12.8. The van der Waals surface area contributed by atoms with Crippen LogP contribution < -0.4 is 11.3 Å². The Morgan fingerprint density at radius 3 is 2.76 bits per heavy atom. The fourth-order valence-corrected chi connectivity index (χ4v) is 2.52. The smallest absolute Gasteiger partial charge is 0.124 e. The third-order valence-corrected chi connectivity index (χ3v) is 4.02. The zero-order chi connectivity index (χ0) is 12.4. The Labute approximate surface area is 106 Å². The maximum absolute atomic E-state index is 12.9. The summed E-state index contributed by atoms with van der Waals surface area (Å²) < 4.78 is 12.9. The number of nitrogens with two attached hydrogens (primary N) is 1. The molecule has 0 heterocycles. The number of benzene rings is 1. The first-order valence-corrected chi connectivity index (χ1v) is 6.39. The molecule has 1 fully saturated rings. The zero-order valence-electron chi connectivity index (χ0n) is 9.92. The van der Waals surface area contributed by atoms with Gasteiger partial charge in [0.15, 0.2) is 0 Å². The summed E-state index contributed by atoms with van der Waals surface area (Å²) in [6.45, 7) is 2.21. The van der Waals surface area contributed by atoms with Gasteiger partial charge in [-0.05, 0) is 48.8 Å². The van der Waals surface area contributed by atoms with E-state index in [0.29, 0.717) is 10.9 Å². The molecule has 1 aliphatic rings. The monoisotopic (exact) mass is 256 g/mol. The van der Waals surface area contributed by atoms with E-state index in [1.54, 1.807) is 6.07 Å². The van der Waals surface area contributed by atoms with Crippen molar-refractivity contribution in [2.75, 3.05) is 0 Å². The number of rotatable bonds is 5. The third kappa shape index (κ3) is 3.18. The molecule has 0 radical (unpaired) electrons. The quantitative estimate of drug-likeness (QED) is 0.628. The molecule has 17 heavy (non-hydrogen) atoms. The normalized spacial score (nSPS) is 19.1. The molecular weight excluding hydrogens is 239 g/mol. The van der Waals surface area contributed by atoms with Gasteiger partial charge in [0.2, 0.25) is 0 Å². The highest BCUT2D eigenvalue weighted by Gasteiger charge is 2.33. The van der Waals surface area contributed by atoms with E-state index in [4.69, 9.17) is 17.4 Å². The Hall–Kier alpha value is -0.640. The Bertz CT molecular complexity index is 393. The minimum atomic E-state index is -0.300. The van der Waals surface area contributed by atoms with Crippen molar-refractivity contribution in [3.63, 3.8) is 0 Å². The summed E-state index contributed by atoms with van der Waals surface area (Å²) in [6, 6.07) is 4.73. The second-order valence-corrected chi connectivity index (χ2v) is 5.32. The Morgan fingerprint density at radius 1 is 1.53 bits per heavy atom. The molecule has 2 nitrogen and oxygen atoms in total. The van der Waals surface area contributed by atoms with Crippen molar-refractivity contribution in [1.82, 2.24) is 5.43 Å². The molecule has 0 aliphatic heterocycles. The van der Waals surface area contributed by atoms with E-state index in [1.165, 1.54) is 25.0 Å². The van der Waals surface area contributed by atoms with Crippen LogP contribution in [0.2, 0.25) is 5.02 Å². The van der Waals surface area contributed by atoms with Crippen LogP contribution in [0.4, 0.5) is 4.39 Å². The molecule has 2 unspecified atom stereocenters. The highest BCUT2D eigenvalue weighted by molar-refractivity contribution is 6.31. The average Bonchev–Trinajstić information content (AvgIpc) is 3.11. The summed E-state index contributed by atoms with van der Waals surface area (Å²) in [6.07, 6.45) is 3.32. The molecule has 1 aromatic carbocycles. The Balaban J connectivity index is 2.06. The highest BCUT2D eigenvalue weighted by Crippen LogP contribution is 2.39. The van der Waals surface area contributed by atoms with Crippen molar-refractivity contribution >= 4 is 11.6 Å². The number of hydrogen-bond acceptors (Lipinski definition) is 2. The van der Waals surface area contributed by atoms with Crippen molar-refractivity contribution in [3.05, 3.63) is 34.6 Å². The van der Waals surface area contributed by atoms with Gasteiger partial charge in [-0.2, -0.15) is 0 Å². The van der Waals surface area contributed by atoms with Gasteiger partial charge in [-0.3, -0.25) is 11.3 Å². The molecule has 0 bridgehead atoms. The molecule has 0 saturated heterocycles. The molecule has 0 aromatic heterocycles. The van der Waals surface area contributed by atoms with Gasteiger partial charge in [0.05, 0.1) is 0 Å². The number of nitrogens with one attached hydrogen (secondary N) is 1. The van der Waals surface area contributed by atoms with Gasteiger partial charge in [0.1, 0.15) is 5.82 Å². The lowest BCUT2D eigenvalue weighted by Crippen LogP contribution is -2.42. The number of hydrazine groups is 1. The molecule has 0 spiro atoms. The molecule has 4 heteroatoms. The van der Waals surface area contributed by atoms with Gasteiger partial charge in [-0.25, -0.2) is 4.39 Å². The second kappa shape index (κ2) is 5.34. The van der Waals surface area contributed by atoms with Crippen molar-refractivity contribution in [2.24, 2.45) is 17.7 Å². The molecule has 0 amide bonds. The van der Waals surface area contributed by atoms with Gasteiger partial charge < -0.3 is 0 Å². The Kier molecular flexibility index (Phi) is 4.02. The van der Waals surface area contributed by atoms with Crippen LogP contribution in [-0.2, 0) is 6.42 Å². The predicted molar refractivity (Wildman–Crippen MR) is 68.1 cm³/mol. The standard InChI is InChI=1S/C13H18ClFN2/c1-8(9-2-3-9)13(17-16)6-10-4-5-11(15)7-12(10)14/h4-5,7-9,13,17H,2-3,6,16H2,1H3. The molecule has 2 rings (SSSR count). The summed E-state index contributed by atoms with van der Waals surface area (Å²) in [5, 5.41) is 0.480. The fraction of sp³-hybridized carbons (Fsp3) is 0.538. The average molecular weight is 257 g/mol. The van der Waals surface area contributed by atoms with Crippen LogP contribution >= 0.6 is 11.6 Å². The second-order valence-electron chi connectivity index (χ2n) is 4.91. The van der Waals surface area contributed by atoms with Gasteiger partial charge in [-0.15, -0.1) is 0 Å². The topological polar surface area (TPSA) is 38.0 Å². The van der Waals surface area contributed by atoms with Gasteiger partial charge in [0, 0.05) is 11.1 Å². The van der Waals surface area contributed by atoms with Crippen LogP contribution in [0.25, 0.3) is 0 Å². The largest absolute Gasteiger partial charge is 0.271 e. The van der Waals surface area contributed by atoms with Crippen molar-refractivity contribution in [2.45, 2.75) is 32.2 Å². The number of halogens is 2. The lowest BCUT2D eigenvalue weighted by molar-refractivity contribution is 0.343. The van der Waals surface area contributed by atoms with Crippen molar-refractivity contribution in [1.29, 1.82) is 0 Å². The SMILES string of the molecule is CC(C1CC1)C(Cc1ccc(F)cc1Cl)NN. The van der Waals surface area contributed by atoms with Crippen molar-refractivity contribution in [3.8, 4) is 0 Å². The molecule has 1 saturated carbocycles. The summed E-state index contributed by atoms with van der Waals surface area (Å²) >= 11 is 6.02. The van der Waals surface area contributed by atoms with Crippen LogP contribution in [0.15, 0.2) is 18.2 Å². The maximum Gasteiger partial charge on any atom is 0.124 e. The molecule has 2 atom stereocenters. The molecular formula is C13H18ClFN2. The third-order valence-electron chi connectivity index (χ3n) is 3.67. The van der Waals surface area contributed by atoms with Crippen LogP contribution in [0.5, 0.6) is 0 Å². The number of hydrogen-bond donors (Lipinski definition) is 2. The fourth-order valence-electron chi connectivity index (χ4n) is 2.27. The lowest BCUT2D eigenvalue weighted by atomic mass is 9.91. The lowest BCUT2D eigenvalue weighted by Gasteiger charge is -2.23. The summed E-state index contributed by atoms with van der Waals surface area (Å²) in [5.74, 6) is 6.60. The van der Waals surface area contributed by atoms with E-state index in [0.717, 1.165) is 17.9 Å². The van der Waals surface area contributed by atoms with E-state index in [9.17, 15) is 4.39 Å². The summed E-state index contributed by atoms with van der Waals surface area (Å²) in [4.78, 5) is 0. The highest BCUT2D eigenvalue weighted by atomic mass is 35.5. The maximum atomic E-state index is 12.9. The van der Waals surface area contributed by atoms with Crippen LogP contribution in [-0.4, -0.2) is 6.04 Å². The van der Waals surface area contributed by atoms with Crippen molar-refractivity contribution < 1.29 is 4.39 Å². The Morgan fingerprint density at radius 2 is 2.24 bits per heavy atom. The summed E-state index contributed by atoms with van der Waals surface area (Å²) in [7, 11) is 0. The first-order valence-electron chi connectivity index (χ1n) is 6.02. The molecule has 3 N–H and O–H groups in total. The van der Waals surface area contributed by atoms with Gasteiger partial charge in [-0.1, -0.05) is 24.6 Å². The zero-order valence-corrected chi connectivity index (χ0v) is 10.7. The minimum Gasteiger partial charge on any atom is -0.271 e. The molecule has 1 aromatic rings. The van der Waals surface area contributed by atoms with Gasteiger partial charge >= 0.3 is 0 Å². The van der Waals surface area contributed by atoms with Crippen LogP contribution in [0.1, 0.15) is 25.3 Å². The first-order chi connectivity index (χ1) is 8.11. The van der Waals surface area contributed by atoms with E-state index < -0.39 is 0 Å². The molecule has 94 valence electrons. The van der Waals surface area contributed by atoms with Crippen LogP contribution in [0, 0.1) is 17.7 Å². The van der Waals surface area contributed by atoms with E-state index >= 15 is 0 Å². The predicted octanol–water partition coefficient (Wildman–Crippen LogP) is 2.90. The minimum absolute atomic E-state index is 0.200. The molecule has 1 aliphatic carbocycles. The van der Waals surface area contributed by atoms with E-state index in [-0.39, 0.29) is 11.9 Å².